The molecule has 2 rings (SSSR count). The third-order valence-electron chi connectivity index (χ3n) is 2.50. The van der Waals surface area contributed by atoms with Gasteiger partial charge in [-0.15, -0.1) is 0 Å². The van der Waals surface area contributed by atoms with Crippen molar-refractivity contribution in [1.82, 2.24) is 4.98 Å². The number of nitrogen functional groups attached to an aromatic ring is 1. The number of pyridine rings is 1. The number of aromatic nitrogens is 1. The predicted molar refractivity (Wildman–Crippen MR) is 65.4 cm³/mol. The number of hydrogen-bond acceptors (Lipinski definition) is 4. The van der Waals surface area contributed by atoms with Crippen LogP contribution in [0.15, 0.2) is 18.2 Å². The molecule has 3 N–H and O–H groups in total. The molecule has 0 atom stereocenters. The zero-order chi connectivity index (χ0) is 12.4. The standard InChI is InChI=1S/C12H14FN3O/c1-3-17-11-5-8-4-7(2)12(16-14)15-10(8)6-9(11)13/h4-6H,3,14H2,1-2H3,(H,15,16). The lowest BCUT2D eigenvalue weighted by atomic mass is 10.1. The van der Waals surface area contributed by atoms with E-state index in [1.54, 1.807) is 6.07 Å². The number of anilines is 1. The van der Waals surface area contributed by atoms with Crippen molar-refractivity contribution in [3.05, 3.63) is 29.6 Å². The first-order valence-corrected chi connectivity index (χ1v) is 5.36. The predicted octanol–water partition coefficient (Wildman–Crippen LogP) is 2.37. The molecule has 0 saturated carbocycles. The normalized spacial score (nSPS) is 10.6. The summed E-state index contributed by atoms with van der Waals surface area (Å²) < 4.78 is 18.8. The van der Waals surface area contributed by atoms with E-state index in [-0.39, 0.29) is 5.75 Å². The summed E-state index contributed by atoms with van der Waals surface area (Å²) in [7, 11) is 0. The van der Waals surface area contributed by atoms with Crippen LogP contribution in [0.2, 0.25) is 0 Å². The summed E-state index contributed by atoms with van der Waals surface area (Å²) in [5, 5.41) is 0.825. The number of ether oxygens (including phenoxy) is 1. The lowest BCUT2D eigenvalue weighted by Gasteiger charge is -2.09. The van der Waals surface area contributed by atoms with E-state index in [0.717, 1.165) is 10.9 Å². The molecule has 17 heavy (non-hydrogen) atoms. The fourth-order valence-electron chi connectivity index (χ4n) is 1.69. The maximum Gasteiger partial charge on any atom is 0.167 e. The number of halogens is 1. The Kier molecular flexibility index (Phi) is 3.10. The molecule has 1 aromatic carbocycles. The van der Waals surface area contributed by atoms with Gasteiger partial charge in [-0.3, -0.25) is 0 Å². The molecule has 0 bridgehead atoms. The number of nitrogens with one attached hydrogen (secondary N) is 1. The summed E-state index contributed by atoms with van der Waals surface area (Å²) in [6, 6.07) is 4.88. The van der Waals surface area contributed by atoms with E-state index in [4.69, 9.17) is 10.6 Å². The highest BCUT2D eigenvalue weighted by molar-refractivity contribution is 5.83. The number of nitrogens with two attached hydrogens (primary N) is 1. The monoisotopic (exact) mass is 235 g/mol. The molecule has 90 valence electrons. The molecule has 0 aliphatic heterocycles. The molecular formula is C12H14FN3O. The van der Waals surface area contributed by atoms with Gasteiger partial charge >= 0.3 is 0 Å². The Morgan fingerprint density at radius 1 is 1.41 bits per heavy atom. The van der Waals surface area contributed by atoms with Crippen molar-refractivity contribution in [3.8, 4) is 5.75 Å². The number of fused-ring (bicyclic) bond motifs is 1. The number of rotatable bonds is 3. The summed E-state index contributed by atoms with van der Waals surface area (Å²) in [6.45, 7) is 4.12. The average Bonchev–Trinajstić information content (AvgIpc) is 2.30. The first kappa shape index (κ1) is 11.6. The summed E-state index contributed by atoms with van der Waals surface area (Å²) in [5.41, 5.74) is 3.92. The first-order valence-electron chi connectivity index (χ1n) is 5.36. The number of benzene rings is 1. The smallest absolute Gasteiger partial charge is 0.167 e. The molecule has 2 aromatic rings. The maximum absolute atomic E-state index is 13.6. The topological polar surface area (TPSA) is 60.2 Å². The van der Waals surface area contributed by atoms with Gasteiger partial charge in [-0.2, -0.15) is 0 Å². The van der Waals surface area contributed by atoms with E-state index < -0.39 is 5.82 Å². The van der Waals surface area contributed by atoms with Crippen molar-refractivity contribution in [2.45, 2.75) is 13.8 Å². The number of hydrazine groups is 1. The Hall–Kier alpha value is -1.88. The Morgan fingerprint density at radius 2 is 2.18 bits per heavy atom. The van der Waals surface area contributed by atoms with E-state index >= 15 is 0 Å². The van der Waals surface area contributed by atoms with Gasteiger partial charge in [0.25, 0.3) is 0 Å². The highest BCUT2D eigenvalue weighted by Gasteiger charge is 2.08. The van der Waals surface area contributed by atoms with E-state index in [1.165, 1.54) is 6.07 Å². The van der Waals surface area contributed by atoms with Gasteiger partial charge in [0.05, 0.1) is 12.1 Å². The lowest BCUT2D eigenvalue weighted by molar-refractivity contribution is 0.322. The van der Waals surface area contributed by atoms with Gasteiger partial charge in [0.15, 0.2) is 11.6 Å². The average molecular weight is 235 g/mol. The van der Waals surface area contributed by atoms with Gasteiger partial charge in [0.2, 0.25) is 0 Å². The van der Waals surface area contributed by atoms with Crippen LogP contribution in [0.3, 0.4) is 0 Å². The van der Waals surface area contributed by atoms with Gasteiger partial charge in [0.1, 0.15) is 5.82 Å². The molecule has 1 heterocycles. The Morgan fingerprint density at radius 3 is 2.82 bits per heavy atom. The number of hydrogen-bond donors (Lipinski definition) is 2. The molecule has 0 unspecified atom stereocenters. The second kappa shape index (κ2) is 4.55. The molecule has 0 saturated heterocycles. The largest absolute Gasteiger partial charge is 0.491 e. The van der Waals surface area contributed by atoms with Crippen LogP contribution in [0.25, 0.3) is 10.9 Å². The fraction of sp³-hybridized carbons (Fsp3) is 0.250. The van der Waals surface area contributed by atoms with E-state index in [2.05, 4.69) is 10.4 Å². The van der Waals surface area contributed by atoms with Crippen molar-refractivity contribution >= 4 is 16.7 Å². The lowest BCUT2D eigenvalue weighted by Crippen LogP contribution is -2.10. The third kappa shape index (κ3) is 2.14. The van der Waals surface area contributed by atoms with Crippen molar-refractivity contribution in [1.29, 1.82) is 0 Å². The molecular weight excluding hydrogens is 221 g/mol. The van der Waals surface area contributed by atoms with Crippen LogP contribution in [0.5, 0.6) is 5.75 Å². The number of nitrogens with zero attached hydrogens (tertiary/aromatic N) is 1. The van der Waals surface area contributed by atoms with Gasteiger partial charge in [-0.1, -0.05) is 0 Å². The summed E-state index contributed by atoms with van der Waals surface area (Å²) >= 11 is 0. The van der Waals surface area contributed by atoms with Crippen LogP contribution in [0.4, 0.5) is 10.2 Å². The van der Waals surface area contributed by atoms with Crippen LogP contribution in [0, 0.1) is 12.7 Å². The van der Waals surface area contributed by atoms with Crippen molar-refractivity contribution < 1.29 is 9.13 Å². The molecule has 0 aliphatic carbocycles. The van der Waals surface area contributed by atoms with E-state index in [1.807, 2.05) is 19.9 Å². The Balaban J connectivity index is 2.62. The summed E-state index contributed by atoms with van der Waals surface area (Å²) in [6.07, 6.45) is 0. The van der Waals surface area contributed by atoms with Gasteiger partial charge < -0.3 is 10.2 Å². The minimum atomic E-state index is -0.418. The first-order chi connectivity index (χ1) is 8.15. The van der Waals surface area contributed by atoms with Crippen molar-refractivity contribution in [3.63, 3.8) is 0 Å². The molecule has 1 aromatic heterocycles. The van der Waals surface area contributed by atoms with Gasteiger partial charge in [-0.05, 0) is 31.5 Å². The second-order valence-corrected chi connectivity index (χ2v) is 3.71. The minimum absolute atomic E-state index is 0.245. The third-order valence-corrected chi connectivity index (χ3v) is 2.50. The molecule has 0 amide bonds. The van der Waals surface area contributed by atoms with Crippen LogP contribution in [0.1, 0.15) is 12.5 Å². The Bertz CT molecular complexity index is 557. The second-order valence-electron chi connectivity index (χ2n) is 3.71. The molecule has 5 heteroatoms. The summed E-state index contributed by atoms with van der Waals surface area (Å²) in [5.74, 6) is 5.70. The van der Waals surface area contributed by atoms with Crippen LogP contribution in [-0.2, 0) is 0 Å². The molecule has 0 fully saturated rings. The van der Waals surface area contributed by atoms with Crippen LogP contribution >= 0.6 is 0 Å². The van der Waals surface area contributed by atoms with Crippen molar-refractivity contribution in [2.24, 2.45) is 5.84 Å². The zero-order valence-corrected chi connectivity index (χ0v) is 9.75. The van der Waals surface area contributed by atoms with Gasteiger partial charge in [-0.25, -0.2) is 15.2 Å². The summed E-state index contributed by atoms with van der Waals surface area (Å²) in [4.78, 5) is 4.22. The van der Waals surface area contributed by atoms with E-state index in [9.17, 15) is 4.39 Å². The van der Waals surface area contributed by atoms with Crippen molar-refractivity contribution in [2.75, 3.05) is 12.0 Å². The highest BCUT2D eigenvalue weighted by Crippen LogP contribution is 2.26. The fourth-order valence-corrected chi connectivity index (χ4v) is 1.69. The van der Waals surface area contributed by atoms with Crippen LogP contribution in [-0.4, -0.2) is 11.6 Å². The molecule has 0 spiro atoms. The molecule has 0 radical (unpaired) electrons. The zero-order valence-electron chi connectivity index (χ0n) is 9.75. The number of aryl methyl sites for hydroxylation is 1. The van der Waals surface area contributed by atoms with Crippen LogP contribution < -0.4 is 16.0 Å². The maximum atomic E-state index is 13.6. The molecule has 4 nitrogen and oxygen atoms in total. The van der Waals surface area contributed by atoms with Gasteiger partial charge in [0, 0.05) is 11.5 Å². The quantitative estimate of drug-likeness (QED) is 0.633. The highest BCUT2D eigenvalue weighted by atomic mass is 19.1. The SMILES string of the molecule is CCOc1cc2cc(C)c(NN)nc2cc1F. The minimum Gasteiger partial charge on any atom is -0.491 e. The molecule has 0 aliphatic rings. The van der Waals surface area contributed by atoms with E-state index in [0.29, 0.717) is 17.9 Å². The Labute approximate surface area is 98.6 Å².